The van der Waals surface area contributed by atoms with E-state index in [0.29, 0.717) is 0 Å². The summed E-state index contributed by atoms with van der Waals surface area (Å²) in [5.41, 5.74) is -1.04. The molecule has 1 aromatic rings. The van der Waals surface area contributed by atoms with Crippen LogP contribution in [0.15, 0.2) is 5.38 Å². The average molecular weight is 330 g/mol. The number of carbonyl (C=O) groups excluding carboxylic acids is 1. The molecule has 1 amide bonds. The van der Waals surface area contributed by atoms with Crippen LogP contribution in [-0.4, -0.2) is 22.2 Å². The molecule has 0 aliphatic heterocycles. The minimum Gasteiger partial charge on any atom is -0.444 e. The van der Waals surface area contributed by atoms with E-state index < -0.39 is 17.6 Å². The molecule has 1 heterocycles. The summed E-state index contributed by atoms with van der Waals surface area (Å²) >= 11 is 1.29. The predicted molar refractivity (Wildman–Crippen MR) is 79.3 cm³/mol. The molecular weight excluding hydrogens is 310 g/mol. The number of hydrogen-bond acceptors (Lipinski definition) is 4. The summed E-state index contributed by atoms with van der Waals surface area (Å²) in [5, 5.41) is 5.11. The van der Waals surface area contributed by atoms with Crippen LogP contribution in [-0.2, 0) is 16.1 Å². The maximum atomic E-state index is 13.3. The second-order valence-corrected chi connectivity index (χ2v) is 8.50. The molecule has 7 heteroatoms. The SMILES string of the molecule is CC(C)(C)OC(=O)NC12CC(c3nc(C(C)(F)F)cs3)(C1)C2. The van der Waals surface area contributed by atoms with Crippen LogP contribution in [0, 0.1) is 0 Å². The van der Waals surface area contributed by atoms with Gasteiger partial charge in [-0.25, -0.2) is 9.78 Å². The molecule has 122 valence electrons. The Labute approximate surface area is 132 Å². The van der Waals surface area contributed by atoms with Crippen LogP contribution in [0.25, 0.3) is 0 Å². The zero-order valence-electron chi connectivity index (χ0n) is 13.1. The molecule has 4 rings (SSSR count). The largest absolute Gasteiger partial charge is 0.444 e. The molecule has 3 aliphatic carbocycles. The molecule has 0 saturated heterocycles. The van der Waals surface area contributed by atoms with Crippen molar-refractivity contribution >= 4 is 17.4 Å². The van der Waals surface area contributed by atoms with E-state index in [9.17, 15) is 13.6 Å². The van der Waals surface area contributed by atoms with Gasteiger partial charge in [-0.2, -0.15) is 8.78 Å². The molecule has 0 atom stereocenters. The van der Waals surface area contributed by atoms with Crippen LogP contribution in [0.4, 0.5) is 13.6 Å². The van der Waals surface area contributed by atoms with E-state index in [1.54, 1.807) is 0 Å². The summed E-state index contributed by atoms with van der Waals surface area (Å²) in [7, 11) is 0. The van der Waals surface area contributed by atoms with Gasteiger partial charge < -0.3 is 10.1 Å². The smallest absolute Gasteiger partial charge is 0.408 e. The van der Waals surface area contributed by atoms with E-state index in [2.05, 4.69) is 10.3 Å². The molecule has 0 spiro atoms. The molecule has 2 bridgehead atoms. The summed E-state index contributed by atoms with van der Waals surface area (Å²) in [4.78, 5) is 15.9. The number of nitrogens with zero attached hydrogens (tertiary/aromatic N) is 1. The molecule has 4 nitrogen and oxygen atoms in total. The topological polar surface area (TPSA) is 51.2 Å². The average Bonchev–Trinajstić information content (AvgIpc) is 2.66. The van der Waals surface area contributed by atoms with Gasteiger partial charge in [0.25, 0.3) is 5.92 Å². The third kappa shape index (κ3) is 2.59. The number of alkyl halides is 2. The molecule has 1 aromatic heterocycles. The van der Waals surface area contributed by atoms with E-state index in [-0.39, 0.29) is 16.6 Å². The van der Waals surface area contributed by atoms with Crippen LogP contribution >= 0.6 is 11.3 Å². The van der Waals surface area contributed by atoms with Gasteiger partial charge in [-0.15, -0.1) is 11.3 Å². The highest BCUT2D eigenvalue weighted by Gasteiger charge is 2.70. The second kappa shape index (κ2) is 4.40. The first-order valence-corrected chi connectivity index (χ1v) is 8.17. The van der Waals surface area contributed by atoms with Gasteiger partial charge >= 0.3 is 6.09 Å². The lowest BCUT2D eigenvalue weighted by atomic mass is 9.39. The van der Waals surface area contributed by atoms with E-state index in [4.69, 9.17) is 4.74 Å². The van der Waals surface area contributed by atoms with Crippen molar-refractivity contribution in [3.05, 3.63) is 16.1 Å². The third-order valence-corrected chi connectivity index (χ3v) is 5.29. The summed E-state index contributed by atoms with van der Waals surface area (Å²) in [6, 6.07) is 0. The maximum Gasteiger partial charge on any atom is 0.408 e. The summed E-state index contributed by atoms with van der Waals surface area (Å²) in [5.74, 6) is -2.90. The van der Waals surface area contributed by atoms with Crippen LogP contribution in [0.2, 0.25) is 0 Å². The van der Waals surface area contributed by atoms with Crippen molar-refractivity contribution in [1.82, 2.24) is 10.3 Å². The molecule has 0 aromatic carbocycles. The Morgan fingerprint density at radius 3 is 2.36 bits per heavy atom. The summed E-state index contributed by atoms with van der Waals surface area (Å²) < 4.78 is 31.8. The van der Waals surface area contributed by atoms with Crippen LogP contribution in [0.5, 0.6) is 0 Å². The van der Waals surface area contributed by atoms with Gasteiger partial charge in [0, 0.05) is 23.3 Å². The Balaban J connectivity index is 1.60. The van der Waals surface area contributed by atoms with E-state index >= 15 is 0 Å². The number of rotatable bonds is 3. The first-order valence-electron chi connectivity index (χ1n) is 7.29. The van der Waals surface area contributed by atoms with E-state index in [1.807, 2.05) is 20.8 Å². The fraction of sp³-hybridized carbons (Fsp3) is 0.733. The normalized spacial score (nSPS) is 30.3. The Hall–Kier alpha value is -1.24. The minimum atomic E-state index is -2.90. The Morgan fingerprint density at radius 1 is 1.32 bits per heavy atom. The Bertz CT molecular complexity index is 596. The van der Waals surface area contributed by atoms with Crippen molar-refractivity contribution in [2.45, 2.75) is 69.4 Å². The zero-order chi connectivity index (χ0) is 16.4. The lowest BCUT2D eigenvalue weighted by molar-refractivity contribution is -0.0888. The second-order valence-electron chi connectivity index (χ2n) is 7.64. The monoisotopic (exact) mass is 330 g/mol. The van der Waals surface area contributed by atoms with Crippen molar-refractivity contribution in [2.75, 3.05) is 0 Å². The molecular formula is C15H20F2N2O2S. The highest BCUT2D eigenvalue weighted by atomic mass is 32.1. The number of hydrogen-bond donors (Lipinski definition) is 1. The zero-order valence-corrected chi connectivity index (χ0v) is 13.9. The van der Waals surface area contributed by atoms with Crippen molar-refractivity contribution in [3.63, 3.8) is 0 Å². The van der Waals surface area contributed by atoms with Gasteiger partial charge in [-0.1, -0.05) is 0 Å². The van der Waals surface area contributed by atoms with Crippen molar-refractivity contribution < 1.29 is 18.3 Å². The van der Waals surface area contributed by atoms with Gasteiger partial charge in [-0.05, 0) is 40.0 Å². The van der Waals surface area contributed by atoms with Gasteiger partial charge in [0.05, 0.1) is 5.01 Å². The number of thiazole rings is 1. The fourth-order valence-electron chi connectivity index (χ4n) is 3.39. The molecule has 1 N–H and O–H groups in total. The van der Waals surface area contributed by atoms with Crippen LogP contribution < -0.4 is 5.32 Å². The summed E-state index contributed by atoms with van der Waals surface area (Å²) in [6.07, 6.45) is 1.84. The molecule has 0 radical (unpaired) electrons. The third-order valence-electron chi connectivity index (χ3n) is 4.20. The van der Waals surface area contributed by atoms with Gasteiger partial charge in [0.1, 0.15) is 11.3 Å². The van der Waals surface area contributed by atoms with Gasteiger partial charge in [-0.3, -0.25) is 0 Å². The first kappa shape index (κ1) is 15.6. The number of nitrogens with one attached hydrogen (secondary N) is 1. The molecule has 0 unspecified atom stereocenters. The lowest BCUT2D eigenvalue weighted by Crippen LogP contribution is -2.76. The van der Waals surface area contributed by atoms with Crippen molar-refractivity contribution in [1.29, 1.82) is 0 Å². The number of ether oxygens (including phenoxy) is 1. The Morgan fingerprint density at radius 2 is 1.91 bits per heavy atom. The van der Waals surface area contributed by atoms with Gasteiger partial charge in [0.15, 0.2) is 0 Å². The number of carbonyl (C=O) groups is 1. The van der Waals surface area contributed by atoms with Crippen LogP contribution in [0.1, 0.15) is 57.7 Å². The maximum absolute atomic E-state index is 13.3. The van der Waals surface area contributed by atoms with E-state index in [1.165, 1.54) is 16.7 Å². The van der Waals surface area contributed by atoms with Crippen molar-refractivity contribution in [2.24, 2.45) is 0 Å². The van der Waals surface area contributed by atoms with Crippen LogP contribution in [0.3, 0.4) is 0 Å². The predicted octanol–water partition coefficient (Wildman–Crippen LogP) is 3.95. The highest BCUT2D eigenvalue weighted by molar-refractivity contribution is 7.09. The van der Waals surface area contributed by atoms with E-state index in [0.717, 1.165) is 31.2 Å². The standard InChI is InChI=1S/C15H20F2N2O2S/c1-12(2,3)21-11(20)19-15-6-14(7-15,8-15)10-18-9(5-22-10)13(4,16)17/h5H,6-8H2,1-4H3,(H,19,20). The first-order chi connectivity index (χ1) is 9.93. The molecule has 22 heavy (non-hydrogen) atoms. The van der Waals surface area contributed by atoms with Crippen molar-refractivity contribution in [3.8, 4) is 0 Å². The number of alkyl carbamates (subject to hydrolysis) is 1. The summed E-state index contributed by atoms with van der Waals surface area (Å²) in [6.45, 7) is 6.31. The number of amides is 1. The minimum absolute atomic E-state index is 0.122. The highest BCUT2D eigenvalue weighted by Crippen LogP contribution is 2.68. The molecule has 3 aliphatic rings. The number of aromatic nitrogens is 1. The van der Waals surface area contributed by atoms with Gasteiger partial charge in [0.2, 0.25) is 0 Å². The molecule has 3 saturated carbocycles. The number of halogens is 2. The quantitative estimate of drug-likeness (QED) is 0.913. The lowest BCUT2D eigenvalue weighted by Gasteiger charge is -2.69. The molecule has 3 fully saturated rings. The Kier molecular flexibility index (Phi) is 3.13. The fourth-order valence-corrected chi connectivity index (χ4v) is 4.49.